The van der Waals surface area contributed by atoms with Gasteiger partial charge in [-0.15, -0.1) is 0 Å². The molecular weight excluding hydrogens is 238 g/mol. The topological polar surface area (TPSA) is 54.9 Å². The van der Waals surface area contributed by atoms with Gasteiger partial charge in [-0.1, -0.05) is 17.7 Å². The van der Waals surface area contributed by atoms with Gasteiger partial charge in [0.15, 0.2) is 0 Å². The first-order valence-electron chi connectivity index (χ1n) is 5.02. The highest BCUT2D eigenvalue weighted by Gasteiger charge is 2.07. The third-order valence-electron chi connectivity index (χ3n) is 2.10. The van der Waals surface area contributed by atoms with Crippen LogP contribution in [0.5, 0.6) is 0 Å². The van der Waals surface area contributed by atoms with E-state index < -0.39 is 0 Å². The molecule has 86 valence electrons. The van der Waals surface area contributed by atoms with Gasteiger partial charge >= 0.3 is 0 Å². The third-order valence-corrected chi connectivity index (χ3v) is 2.31. The summed E-state index contributed by atoms with van der Waals surface area (Å²) in [4.78, 5) is 19.8. The normalized spacial score (nSPS) is 10.0. The van der Waals surface area contributed by atoms with Crippen LogP contribution in [0.4, 0.5) is 5.69 Å². The highest BCUT2D eigenvalue weighted by atomic mass is 35.5. The molecule has 1 amide bonds. The van der Waals surface area contributed by atoms with E-state index in [0.717, 1.165) is 5.69 Å². The SMILES string of the molecule is Cc1cc(NC(=O)c2cccc(Cl)n2)ccn1. The van der Waals surface area contributed by atoms with Crippen molar-refractivity contribution < 1.29 is 4.79 Å². The van der Waals surface area contributed by atoms with Gasteiger partial charge in [-0.2, -0.15) is 0 Å². The summed E-state index contributed by atoms with van der Waals surface area (Å²) in [6, 6.07) is 8.41. The maximum atomic E-state index is 11.8. The first-order chi connectivity index (χ1) is 8.15. The number of anilines is 1. The number of hydrogen-bond acceptors (Lipinski definition) is 3. The minimum atomic E-state index is -0.293. The van der Waals surface area contributed by atoms with E-state index in [1.165, 1.54) is 0 Å². The molecule has 0 fully saturated rings. The lowest BCUT2D eigenvalue weighted by Gasteiger charge is -2.05. The van der Waals surface area contributed by atoms with Crippen molar-refractivity contribution in [2.45, 2.75) is 6.92 Å². The van der Waals surface area contributed by atoms with Crippen molar-refractivity contribution in [3.63, 3.8) is 0 Å². The van der Waals surface area contributed by atoms with Crippen LogP contribution in [-0.2, 0) is 0 Å². The van der Waals surface area contributed by atoms with Crippen LogP contribution < -0.4 is 5.32 Å². The largest absolute Gasteiger partial charge is 0.321 e. The average Bonchev–Trinajstić information content (AvgIpc) is 2.29. The zero-order chi connectivity index (χ0) is 12.3. The van der Waals surface area contributed by atoms with E-state index in [9.17, 15) is 4.79 Å². The summed E-state index contributed by atoms with van der Waals surface area (Å²) in [6.45, 7) is 1.85. The molecule has 1 N–H and O–H groups in total. The predicted molar refractivity (Wildman–Crippen MR) is 66.2 cm³/mol. The Morgan fingerprint density at radius 3 is 2.88 bits per heavy atom. The number of aryl methyl sites for hydroxylation is 1. The number of hydrogen-bond donors (Lipinski definition) is 1. The van der Waals surface area contributed by atoms with Gasteiger partial charge in [0.2, 0.25) is 0 Å². The first-order valence-corrected chi connectivity index (χ1v) is 5.39. The smallest absolute Gasteiger partial charge is 0.274 e. The van der Waals surface area contributed by atoms with Crippen LogP contribution in [0, 0.1) is 6.92 Å². The highest BCUT2D eigenvalue weighted by molar-refractivity contribution is 6.29. The summed E-state index contributed by atoms with van der Waals surface area (Å²) in [5, 5.41) is 3.02. The molecule has 0 saturated heterocycles. The molecule has 0 aliphatic carbocycles. The van der Waals surface area contributed by atoms with Crippen molar-refractivity contribution in [1.29, 1.82) is 0 Å². The Bertz CT molecular complexity index is 557. The quantitative estimate of drug-likeness (QED) is 0.830. The summed E-state index contributed by atoms with van der Waals surface area (Å²) >= 11 is 5.72. The zero-order valence-electron chi connectivity index (χ0n) is 9.14. The van der Waals surface area contributed by atoms with Gasteiger partial charge in [0, 0.05) is 17.6 Å². The molecule has 0 unspecified atom stereocenters. The van der Waals surface area contributed by atoms with Crippen molar-refractivity contribution >= 4 is 23.2 Å². The average molecular weight is 248 g/mol. The molecule has 0 spiro atoms. The summed E-state index contributed by atoms with van der Waals surface area (Å²) in [7, 11) is 0. The summed E-state index contributed by atoms with van der Waals surface area (Å²) in [5.74, 6) is -0.293. The van der Waals surface area contributed by atoms with Gasteiger partial charge in [0.05, 0.1) is 0 Å². The molecule has 4 nitrogen and oxygen atoms in total. The van der Waals surface area contributed by atoms with Crippen molar-refractivity contribution in [2.75, 3.05) is 5.32 Å². The minimum absolute atomic E-state index is 0.284. The van der Waals surface area contributed by atoms with Gasteiger partial charge in [-0.25, -0.2) is 4.98 Å². The summed E-state index contributed by atoms with van der Waals surface area (Å²) < 4.78 is 0. The van der Waals surface area contributed by atoms with Crippen LogP contribution in [-0.4, -0.2) is 15.9 Å². The fourth-order valence-corrected chi connectivity index (χ4v) is 1.52. The van der Waals surface area contributed by atoms with Gasteiger partial charge in [-0.05, 0) is 31.2 Å². The number of aromatic nitrogens is 2. The van der Waals surface area contributed by atoms with Crippen LogP contribution >= 0.6 is 11.6 Å². The van der Waals surface area contributed by atoms with E-state index >= 15 is 0 Å². The third kappa shape index (κ3) is 3.01. The number of carbonyl (C=O) groups is 1. The molecule has 2 rings (SSSR count). The Morgan fingerprint density at radius 2 is 2.18 bits per heavy atom. The van der Waals surface area contributed by atoms with Crippen LogP contribution in [0.2, 0.25) is 5.15 Å². The van der Waals surface area contributed by atoms with E-state index in [2.05, 4.69) is 15.3 Å². The van der Waals surface area contributed by atoms with Crippen LogP contribution in [0.25, 0.3) is 0 Å². The van der Waals surface area contributed by atoms with Gasteiger partial charge in [0.1, 0.15) is 10.8 Å². The molecule has 0 bridgehead atoms. The second-order valence-electron chi connectivity index (χ2n) is 3.49. The van der Waals surface area contributed by atoms with E-state index in [4.69, 9.17) is 11.6 Å². The molecule has 2 aromatic heterocycles. The number of nitrogens with zero attached hydrogens (tertiary/aromatic N) is 2. The fourth-order valence-electron chi connectivity index (χ4n) is 1.35. The highest BCUT2D eigenvalue weighted by Crippen LogP contribution is 2.10. The molecule has 0 aliphatic rings. The molecule has 0 aliphatic heterocycles. The lowest BCUT2D eigenvalue weighted by atomic mass is 10.3. The monoisotopic (exact) mass is 247 g/mol. The number of rotatable bonds is 2. The van der Waals surface area contributed by atoms with E-state index in [1.807, 2.05) is 6.92 Å². The van der Waals surface area contributed by atoms with Crippen molar-refractivity contribution in [1.82, 2.24) is 9.97 Å². The number of amides is 1. The Morgan fingerprint density at radius 1 is 1.35 bits per heavy atom. The summed E-state index contributed by atoms with van der Waals surface area (Å²) in [5.41, 5.74) is 1.80. The van der Waals surface area contributed by atoms with Crippen molar-refractivity contribution in [2.24, 2.45) is 0 Å². The van der Waals surface area contributed by atoms with Crippen LogP contribution in [0.15, 0.2) is 36.5 Å². The van der Waals surface area contributed by atoms with E-state index in [1.54, 1.807) is 36.5 Å². The molecule has 0 saturated carbocycles. The predicted octanol–water partition coefficient (Wildman–Crippen LogP) is 2.69. The molecular formula is C12H10ClN3O. The molecule has 0 radical (unpaired) electrons. The Balaban J connectivity index is 2.17. The van der Waals surface area contributed by atoms with Crippen molar-refractivity contribution in [3.8, 4) is 0 Å². The lowest BCUT2D eigenvalue weighted by Crippen LogP contribution is -2.13. The van der Waals surface area contributed by atoms with Gasteiger partial charge in [-0.3, -0.25) is 9.78 Å². The van der Waals surface area contributed by atoms with Crippen LogP contribution in [0.3, 0.4) is 0 Å². The molecule has 2 aromatic rings. The molecule has 5 heteroatoms. The van der Waals surface area contributed by atoms with Gasteiger partial charge < -0.3 is 5.32 Å². The first kappa shape index (κ1) is 11.5. The Hall–Kier alpha value is -1.94. The minimum Gasteiger partial charge on any atom is -0.321 e. The molecule has 0 aromatic carbocycles. The number of nitrogens with one attached hydrogen (secondary N) is 1. The fraction of sp³-hybridized carbons (Fsp3) is 0.0833. The van der Waals surface area contributed by atoms with Gasteiger partial charge in [0.25, 0.3) is 5.91 Å². The number of carbonyl (C=O) groups excluding carboxylic acids is 1. The standard InChI is InChI=1S/C12H10ClN3O/c1-8-7-9(5-6-14-8)15-12(17)10-3-2-4-11(13)16-10/h2-7H,1H3,(H,14,15,17). The lowest BCUT2D eigenvalue weighted by molar-refractivity contribution is 0.102. The number of halogens is 1. The molecule has 0 atom stereocenters. The second-order valence-corrected chi connectivity index (χ2v) is 3.87. The Kier molecular flexibility index (Phi) is 3.35. The maximum Gasteiger partial charge on any atom is 0.274 e. The zero-order valence-corrected chi connectivity index (χ0v) is 9.90. The maximum absolute atomic E-state index is 11.8. The van der Waals surface area contributed by atoms with Crippen molar-refractivity contribution in [3.05, 3.63) is 53.1 Å². The van der Waals surface area contributed by atoms with Crippen LogP contribution in [0.1, 0.15) is 16.2 Å². The van der Waals surface area contributed by atoms with E-state index in [0.29, 0.717) is 10.8 Å². The molecule has 17 heavy (non-hydrogen) atoms. The number of pyridine rings is 2. The van der Waals surface area contributed by atoms with E-state index in [-0.39, 0.29) is 11.6 Å². The Labute approximate surface area is 104 Å². The summed E-state index contributed by atoms with van der Waals surface area (Å²) in [6.07, 6.45) is 1.64. The second kappa shape index (κ2) is 4.93. The molecule has 2 heterocycles.